The zero-order valence-electron chi connectivity index (χ0n) is 9.66. The fraction of sp³-hybridized carbons (Fsp3) is 0.818. The Morgan fingerprint density at radius 2 is 2.19 bits per heavy atom. The summed E-state index contributed by atoms with van der Waals surface area (Å²) in [5, 5.41) is 14.7. The highest BCUT2D eigenvalue weighted by atomic mass is 16.4. The molecule has 1 aliphatic rings. The van der Waals surface area contributed by atoms with E-state index < -0.39 is 11.9 Å². The van der Waals surface area contributed by atoms with Gasteiger partial charge in [-0.15, -0.1) is 0 Å². The molecule has 0 aromatic heterocycles. The van der Waals surface area contributed by atoms with Crippen LogP contribution in [0.15, 0.2) is 0 Å². The number of carboxylic acids is 1. The molecule has 5 heteroatoms. The van der Waals surface area contributed by atoms with Crippen molar-refractivity contribution in [2.45, 2.75) is 26.2 Å². The summed E-state index contributed by atoms with van der Waals surface area (Å²) in [5.41, 5.74) is 0. The average molecular weight is 228 g/mol. The summed E-state index contributed by atoms with van der Waals surface area (Å²) < 4.78 is 0. The molecule has 3 N–H and O–H groups in total. The van der Waals surface area contributed by atoms with E-state index in [-0.39, 0.29) is 12.5 Å². The smallest absolute Gasteiger partial charge is 0.308 e. The molecule has 0 radical (unpaired) electrons. The molecule has 5 nitrogen and oxygen atoms in total. The van der Waals surface area contributed by atoms with Crippen LogP contribution in [0.5, 0.6) is 0 Å². The second-order valence-electron chi connectivity index (χ2n) is 4.36. The normalized spacial score (nSPS) is 17.6. The van der Waals surface area contributed by atoms with E-state index in [2.05, 4.69) is 10.6 Å². The first-order valence-electron chi connectivity index (χ1n) is 5.83. The highest BCUT2D eigenvalue weighted by Gasteiger charge is 2.21. The largest absolute Gasteiger partial charge is 0.481 e. The highest BCUT2D eigenvalue weighted by molar-refractivity contribution is 5.77. The number of rotatable bonds is 7. The van der Waals surface area contributed by atoms with Crippen molar-refractivity contribution in [2.75, 3.05) is 19.6 Å². The van der Waals surface area contributed by atoms with Gasteiger partial charge in [0.25, 0.3) is 0 Å². The maximum absolute atomic E-state index is 11.4. The van der Waals surface area contributed by atoms with Crippen molar-refractivity contribution in [3.05, 3.63) is 0 Å². The van der Waals surface area contributed by atoms with E-state index in [1.807, 2.05) is 6.92 Å². The van der Waals surface area contributed by atoms with Gasteiger partial charge in [0.15, 0.2) is 0 Å². The van der Waals surface area contributed by atoms with Gasteiger partial charge in [0.1, 0.15) is 0 Å². The molecule has 0 aliphatic carbocycles. The topological polar surface area (TPSA) is 78.4 Å². The van der Waals surface area contributed by atoms with Gasteiger partial charge in [-0.2, -0.15) is 0 Å². The first kappa shape index (κ1) is 13.0. The Balaban J connectivity index is 2.19. The third-order valence-corrected chi connectivity index (χ3v) is 2.87. The first-order valence-corrected chi connectivity index (χ1v) is 5.83. The molecule has 1 atom stereocenters. The number of nitrogens with one attached hydrogen (secondary N) is 2. The van der Waals surface area contributed by atoms with Crippen molar-refractivity contribution >= 4 is 11.9 Å². The number of hydrogen-bond acceptors (Lipinski definition) is 3. The van der Waals surface area contributed by atoms with Crippen molar-refractivity contribution in [1.82, 2.24) is 10.6 Å². The van der Waals surface area contributed by atoms with E-state index in [0.717, 1.165) is 19.5 Å². The minimum absolute atomic E-state index is 0.0335. The van der Waals surface area contributed by atoms with Gasteiger partial charge < -0.3 is 15.7 Å². The van der Waals surface area contributed by atoms with E-state index in [0.29, 0.717) is 18.8 Å². The van der Waals surface area contributed by atoms with Crippen molar-refractivity contribution in [3.8, 4) is 0 Å². The lowest BCUT2D eigenvalue weighted by atomic mass is 9.98. The lowest BCUT2D eigenvalue weighted by Gasteiger charge is -2.26. The summed E-state index contributed by atoms with van der Waals surface area (Å²) in [6.45, 7) is 3.98. The van der Waals surface area contributed by atoms with Gasteiger partial charge in [0.2, 0.25) is 5.91 Å². The molecule has 1 fully saturated rings. The zero-order valence-corrected chi connectivity index (χ0v) is 9.66. The minimum Gasteiger partial charge on any atom is -0.481 e. The summed E-state index contributed by atoms with van der Waals surface area (Å²) >= 11 is 0. The van der Waals surface area contributed by atoms with Gasteiger partial charge in [0.05, 0.1) is 5.92 Å². The SMILES string of the molecule is CCCC(CNC(=O)CC1CNC1)C(=O)O. The molecule has 1 unspecified atom stereocenters. The Labute approximate surface area is 95.6 Å². The van der Waals surface area contributed by atoms with Gasteiger partial charge in [-0.3, -0.25) is 9.59 Å². The number of amides is 1. The van der Waals surface area contributed by atoms with Crippen LogP contribution in [0.1, 0.15) is 26.2 Å². The monoisotopic (exact) mass is 228 g/mol. The molecule has 1 aliphatic heterocycles. The molecule has 0 spiro atoms. The molecule has 1 saturated heterocycles. The minimum atomic E-state index is -0.826. The van der Waals surface area contributed by atoms with Crippen LogP contribution in [-0.2, 0) is 9.59 Å². The number of carbonyl (C=O) groups is 2. The standard InChI is InChI=1S/C11H20N2O3/c1-2-3-9(11(15)16)7-13-10(14)4-8-5-12-6-8/h8-9,12H,2-7H2,1H3,(H,13,14)(H,15,16). The number of aliphatic carboxylic acids is 1. The fourth-order valence-electron chi connectivity index (χ4n) is 1.73. The Morgan fingerprint density at radius 1 is 1.50 bits per heavy atom. The fourth-order valence-corrected chi connectivity index (χ4v) is 1.73. The van der Waals surface area contributed by atoms with Gasteiger partial charge >= 0.3 is 5.97 Å². The quantitative estimate of drug-likeness (QED) is 0.582. The molecule has 1 rings (SSSR count). The molecular weight excluding hydrogens is 208 g/mol. The Morgan fingerprint density at radius 3 is 2.62 bits per heavy atom. The molecule has 92 valence electrons. The van der Waals surface area contributed by atoms with Crippen LogP contribution in [0.3, 0.4) is 0 Å². The number of carbonyl (C=O) groups excluding carboxylic acids is 1. The van der Waals surface area contributed by atoms with E-state index in [9.17, 15) is 9.59 Å². The Bertz CT molecular complexity index is 252. The van der Waals surface area contributed by atoms with Crippen molar-refractivity contribution in [1.29, 1.82) is 0 Å². The molecule has 1 heterocycles. The van der Waals surface area contributed by atoms with Gasteiger partial charge in [0, 0.05) is 13.0 Å². The molecule has 16 heavy (non-hydrogen) atoms. The maximum atomic E-state index is 11.4. The summed E-state index contributed by atoms with van der Waals surface area (Å²) in [4.78, 5) is 22.3. The van der Waals surface area contributed by atoms with Crippen LogP contribution in [0.4, 0.5) is 0 Å². The van der Waals surface area contributed by atoms with E-state index >= 15 is 0 Å². The molecule has 0 bridgehead atoms. The van der Waals surface area contributed by atoms with E-state index in [1.54, 1.807) is 0 Å². The second kappa shape index (κ2) is 6.48. The maximum Gasteiger partial charge on any atom is 0.308 e. The van der Waals surface area contributed by atoms with Gasteiger partial charge in [-0.25, -0.2) is 0 Å². The first-order chi connectivity index (χ1) is 7.63. The van der Waals surface area contributed by atoms with Gasteiger partial charge in [-0.1, -0.05) is 13.3 Å². The summed E-state index contributed by atoms with van der Waals surface area (Å²) in [6, 6.07) is 0. The lowest BCUT2D eigenvalue weighted by molar-refractivity contribution is -0.142. The van der Waals surface area contributed by atoms with Crippen LogP contribution in [-0.4, -0.2) is 36.6 Å². The zero-order chi connectivity index (χ0) is 12.0. The number of hydrogen-bond donors (Lipinski definition) is 3. The predicted octanol–water partition coefficient (Wildman–Crippen LogP) is 0.213. The van der Waals surface area contributed by atoms with E-state index in [4.69, 9.17) is 5.11 Å². The van der Waals surface area contributed by atoms with Crippen molar-refractivity contribution < 1.29 is 14.7 Å². The second-order valence-corrected chi connectivity index (χ2v) is 4.36. The van der Waals surface area contributed by atoms with Crippen molar-refractivity contribution in [2.24, 2.45) is 11.8 Å². The average Bonchev–Trinajstić information content (AvgIpc) is 2.17. The van der Waals surface area contributed by atoms with Crippen LogP contribution in [0, 0.1) is 11.8 Å². The summed E-state index contributed by atoms with van der Waals surface area (Å²) in [5.74, 6) is -0.885. The lowest BCUT2D eigenvalue weighted by Crippen LogP contribution is -2.45. The van der Waals surface area contributed by atoms with Crippen molar-refractivity contribution in [3.63, 3.8) is 0 Å². The summed E-state index contributed by atoms with van der Waals surface area (Å²) in [7, 11) is 0. The highest BCUT2D eigenvalue weighted by Crippen LogP contribution is 2.09. The third-order valence-electron chi connectivity index (χ3n) is 2.87. The van der Waals surface area contributed by atoms with Crippen LogP contribution in [0.2, 0.25) is 0 Å². The Hall–Kier alpha value is -1.10. The molecule has 0 aromatic rings. The molecule has 0 aromatic carbocycles. The van der Waals surface area contributed by atoms with E-state index in [1.165, 1.54) is 0 Å². The molecular formula is C11H20N2O3. The van der Waals surface area contributed by atoms with Crippen LogP contribution >= 0.6 is 0 Å². The van der Waals surface area contributed by atoms with Gasteiger partial charge in [-0.05, 0) is 25.4 Å². The molecule has 0 saturated carbocycles. The number of carboxylic acid groups (broad SMARTS) is 1. The van der Waals surface area contributed by atoms with Crippen LogP contribution < -0.4 is 10.6 Å². The summed E-state index contributed by atoms with van der Waals surface area (Å²) in [6.07, 6.45) is 1.94. The predicted molar refractivity (Wildman–Crippen MR) is 60.0 cm³/mol. The molecule has 1 amide bonds. The third kappa shape index (κ3) is 4.18. The Kier molecular flexibility index (Phi) is 5.25. The van der Waals surface area contributed by atoms with Crippen LogP contribution in [0.25, 0.3) is 0 Å².